The van der Waals surface area contributed by atoms with E-state index >= 15 is 0 Å². The van der Waals surface area contributed by atoms with E-state index in [1.165, 1.54) is 11.6 Å². The fraction of sp³-hybridized carbons (Fsp3) is 0.174. The van der Waals surface area contributed by atoms with Crippen LogP contribution < -0.4 is 10.6 Å². The molecular weight excluding hydrogens is 366 g/mol. The van der Waals surface area contributed by atoms with Gasteiger partial charge in [0.15, 0.2) is 0 Å². The summed E-state index contributed by atoms with van der Waals surface area (Å²) in [6.45, 7) is 1.76. The van der Waals surface area contributed by atoms with E-state index in [0.717, 1.165) is 12.0 Å². The lowest BCUT2D eigenvalue weighted by atomic mass is 9.99. The molecule has 0 aliphatic heterocycles. The van der Waals surface area contributed by atoms with Gasteiger partial charge in [-0.25, -0.2) is 0 Å². The second-order valence-corrected chi connectivity index (χ2v) is 6.84. The molecule has 1 atom stereocenters. The number of nitrogens with one attached hydrogen (secondary N) is 2. The summed E-state index contributed by atoms with van der Waals surface area (Å²) in [6, 6.07) is 24.7. The van der Waals surface area contributed by atoms with Crippen molar-refractivity contribution in [3.63, 3.8) is 0 Å². The van der Waals surface area contributed by atoms with Gasteiger partial charge in [0.2, 0.25) is 5.91 Å². The van der Waals surface area contributed by atoms with E-state index < -0.39 is 4.92 Å². The first-order chi connectivity index (χ1) is 14.0. The normalized spacial score (nSPS) is 11.6. The highest BCUT2D eigenvalue weighted by Gasteiger charge is 2.15. The Bertz CT molecular complexity index is 975. The van der Waals surface area contributed by atoms with E-state index in [9.17, 15) is 14.9 Å². The molecule has 0 aromatic heterocycles. The highest BCUT2D eigenvalue weighted by atomic mass is 16.6. The predicted molar refractivity (Wildman–Crippen MR) is 114 cm³/mol. The van der Waals surface area contributed by atoms with Crippen molar-refractivity contribution in [2.45, 2.75) is 19.4 Å². The number of carbonyl (C=O) groups is 1. The highest BCUT2D eigenvalue weighted by molar-refractivity contribution is 5.92. The molecule has 0 radical (unpaired) electrons. The number of hydrogen-bond donors (Lipinski definition) is 2. The van der Waals surface area contributed by atoms with E-state index in [4.69, 9.17) is 0 Å². The quantitative estimate of drug-likeness (QED) is 0.441. The van der Waals surface area contributed by atoms with E-state index in [-0.39, 0.29) is 24.2 Å². The first kappa shape index (κ1) is 20.2. The number of nitrogens with zero attached hydrogens (tertiary/aromatic N) is 1. The number of hydrogen-bond acceptors (Lipinski definition) is 4. The van der Waals surface area contributed by atoms with Crippen LogP contribution in [-0.2, 0) is 11.2 Å². The minimum Gasteiger partial charge on any atom is -0.325 e. The Balaban J connectivity index is 1.66. The molecule has 0 spiro atoms. The molecule has 0 aliphatic rings. The molecule has 6 heteroatoms. The van der Waals surface area contributed by atoms with E-state index in [1.807, 2.05) is 48.5 Å². The second kappa shape index (κ2) is 9.61. The van der Waals surface area contributed by atoms with Gasteiger partial charge in [0, 0.05) is 23.4 Å². The molecule has 3 aromatic rings. The lowest BCUT2D eigenvalue weighted by molar-refractivity contribution is -0.385. The lowest BCUT2D eigenvalue weighted by Gasteiger charge is -2.19. The smallest absolute Gasteiger partial charge is 0.274 e. The first-order valence-corrected chi connectivity index (χ1v) is 9.40. The number of nitro groups is 1. The summed E-state index contributed by atoms with van der Waals surface area (Å²) in [4.78, 5) is 23.1. The van der Waals surface area contributed by atoms with Gasteiger partial charge in [-0.05, 0) is 30.5 Å². The average Bonchev–Trinajstić information content (AvgIpc) is 2.73. The van der Waals surface area contributed by atoms with E-state index in [1.54, 1.807) is 19.1 Å². The number of anilines is 1. The van der Waals surface area contributed by atoms with Gasteiger partial charge in [-0.3, -0.25) is 14.9 Å². The molecule has 0 heterocycles. The Kier molecular flexibility index (Phi) is 6.71. The molecule has 29 heavy (non-hydrogen) atoms. The third-order valence-electron chi connectivity index (χ3n) is 4.68. The molecule has 148 valence electrons. The van der Waals surface area contributed by atoms with Crippen LogP contribution in [0.4, 0.5) is 11.4 Å². The third-order valence-corrected chi connectivity index (χ3v) is 4.68. The van der Waals surface area contributed by atoms with E-state index in [2.05, 4.69) is 22.8 Å². The maximum atomic E-state index is 12.4. The maximum absolute atomic E-state index is 12.4. The molecule has 6 nitrogen and oxygen atoms in total. The molecule has 0 saturated carbocycles. The Labute approximate surface area is 169 Å². The Morgan fingerprint density at radius 1 is 1.00 bits per heavy atom. The molecule has 0 fully saturated rings. The zero-order valence-corrected chi connectivity index (χ0v) is 16.2. The van der Waals surface area contributed by atoms with Crippen LogP contribution in [0.25, 0.3) is 0 Å². The van der Waals surface area contributed by atoms with Gasteiger partial charge in [0.25, 0.3) is 5.69 Å². The van der Waals surface area contributed by atoms with Gasteiger partial charge >= 0.3 is 0 Å². The minimum atomic E-state index is -0.450. The van der Waals surface area contributed by atoms with Crippen LogP contribution in [0.2, 0.25) is 0 Å². The monoisotopic (exact) mass is 389 g/mol. The van der Waals surface area contributed by atoms with Crippen LogP contribution in [0.3, 0.4) is 0 Å². The molecule has 0 saturated heterocycles. The molecule has 2 N–H and O–H groups in total. The fourth-order valence-electron chi connectivity index (χ4n) is 3.15. The van der Waals surface area contributed by atoms with Crippen molar-refractivity contribution in [3.05, 3.63) is 106 Å². The van der Waals surface area contributed by atoms with Gasteiger partial charge in [0.1, 0.15) is 0 Å². The van der Waals surface area contributed by atoms with Gasteiger partial charge in [-0.1, -0.05) is 66.7 Å². The summed E-state index contributed by atoms with van der Waals surface area (Å²) < 4.78 is 0. The van der Waals surface area contributed by atoms with Crippen molar-refractivity contribution < 1.29 is 9.72 Å². The zero-order chi connectivity index (χ0) is 20.6. The maximum Gasteiger partial charge on any atom is 0.274 e. The lowest BCUT2D eigenvalue weighted by Crippen LogP contribution is -2.32. The van der Waals surface area contributed by atoms with Crippen LogP contribution in [0, 0.1) is 17.0 Å². The molecule has 3 rings (SSSR count). The number of rotatable bonds is 8. The number of aryl methyl sites for hydroxylation is 1. The molecule has 3 aromatic carbocycles. The standard InChI is InChI=1S/C23H23N3O3/c1-17-12-13-20(15-22(17)26(28)29)25-23(27)16-24-21(19-10-6-3-7-11-19)14-18-8-4-2-5-9-18/h2-13,15,21,24H,14,16H2,1H3,(H,25,27). The number of nitro benzene ring substituents is 1. The van der Waals surface area contributed by atoms with Crippen LogP contribution in [-0.4, -0.2) is 17.4 Å². The van der Waals surface area contributed by atoms with Crippen molar-refractivity contribution in [2.24, 2.45) is 0 Å². The Hall–Kier alpha value is -3.51. The minimum absolute atomic E-state index is 0.0120. The predicted octanol–water partition coefficient (Wildman–Crippen LogP) is 4.42. The topological polar surface area (TPSA) is 84.3 Å². The van der Waals surface area contributed by atoms with Gasteiger partial charge in [0.05, 0.1) is 11.5 Å². The first-order valence-electron chi connectivity index (χ1n) is 9.40. The summed E-state index contributed by atoms with van der Waals surface area (Å²) in [6.07, 6.45) is 0.744. The number of benzene rings is 3. The summed E-state index contributed by atoms with van der Waals surface area (Å²) in [5, 5.41) is 17.1. The highest BCUT2D eigenvalue weighted by Crippen LogP contribution is 2.22. The molecule has 1 unspecified atom stereocenters. The fourth-order valence-corrected chi connectivity index (χ4v) is 3.15. The van der Waals surface area contributed by atoms with Gasteiger partial charge < -0.3 is 10.6 Å². The SMILES string of the molecule is Cc1ccc(NC(=O)CNC(Cc2ccccc2)c2ccccc2)cc1[N+](=O)[O-]. The molecule has 0 bridgehead atoms. The Morgan fingerprint density at radius 2 is 1.66 bits per heavy atom. The van der Waals surface area contributed by atoms with Crippen LogP contribution in [0.1, 0.15) is 22.7 Å². The van der Waals surface area contributed by atoms with Crippen molar-refractivity contribution in [1.82, 2.24) is 5.32 Å². The largest absolute Gasteiger partial charge is 0.325 e. The van der Waals surface area contributed by atoms with Crippen molar-refractivity contribution in [2.75, 3.05) is 11.9 Å². The number of carbonyl (C=O) groups excluding carboxylic acids is 1. The average molecular weight is 389 g/mol. The van der Waals surface area contributed by atoms with E-state index in [0.29, 0.717) is 11.3 Å². The molecule has 0 aliphatic carbocycles. The summed E-state index contributed by atoms with van der Waals surface area (Å²) >= 11 is 0. The van der Waals surface area contributed by atoms with Crippen molar-refractivity contribution in [1.29, 1.82) is 0 Å². The zero-order valence-electron chi connectivity index (χ0n) is 16.2. The van der Waals surface area contributed by atoms with Crippen molar-refractivity contribution >= 4 is 17.3 Å². The Morgan fingerprint density at radius 3 is 2.31 bits per heavy atom. The van der Waals surface area contributed by atoms with Crippen LogP contribution >= 0.6 is 0 Å². The summed E-state index contributed by atoms with van der Waals surface area (Å²) in [5.41, 5.74) is 3.21. The molecule has 1 amide bonds. The second-order valence-electron chi connectivity index (χ2n) is 6.84. The third kappa shape index (κ3) is 5.73. The van der Waals surface area contributed by atoms with Crippen LogP contribution in [0.5, 0.6) is 0 Å². The summed E-state index contributed by atoms with van der Waals surface area (Å²) in [5.74, 6) is -0.253. The van der Waals surface area contributed by atoms with Crippen LogP contribution in [0.15, 0.2) is 78.9 Å². The molecular formula is C23H23N3O3. The van der Waals surface area contributed by atoms with Gasteiger partial charge in [-0.15, -0.1) is 0 Å². The van der Waals surface area contributed by atoms with Crippen molar-refractivity contribution in [3.8, 4) is 0 Å². The number of amides is 1. The summed E-state index contributed by atoms with van der Waals surface area (Å²) in [7, 11) is 0. The van der Waals surface area contributed by atoms with Gasteiger partial charge in [-0.2, -0.15) is 0 Å².